The number of hydrogen-bond acceptors (Lipinski definition) is 5. The predicted molar refractivity (Wildman–Crippen MR) is 97.6 cm³/mol. The molecule has 2 amide bonds. The van der Waals surface area contributed by atoms with Gasteiger partial charge in [0.25, 0.3) is 17.4 Å². The average molecular weight is 366 g/mol. The molecule has 0 spiro atoms. The van der Waals surface area contributed by atoms with Gasteiger partial charge in [0.15, 0.2) is 0 Å². The molecule has 1 fully saturated rings. The Labute approximate surface area is 154 Å². The summed E-state index contributed by atoms with van der Waals surface area (Å²) in [6.07, 6.45) is 3.03. The van der Waals surface area contributed by atoms with Crippen molar-refractivity contribution in [3.8, 4) is 0 Å². The minimum Gasteiger partial charge on any atom is -0.469 e. The minimum atomic E-state index is -0.284. The topological polar surface area (TPSA) is 99.5 Å². The van der Waals surface area contributed by atoms with Crippen molar-refractivity contribution in [1.82, 2.24) is 20.0 Å². The average Bonchev–Trinajstić information content (AvgIpc) is 3.13. The fraction of sp³-hybridized carbons (Fsp3) is 0.263. The molecule has 8 heteroatoms. The zero-order valence-electron chi connectivity index (χ0n) is 14.8. The summed E-state index contributed by atoms with van der Waals surface area (Å²) in [7, 11) is 0. The van der Waals surface area contributed by atoms with Crippen molar-refractivity contribution in [1.29, 1.82) is 0 Å². The van der Waals surface area contributed by atoms with Crippen LogP contribution >= 0.6 is 0 Å². The van der Waals surface area contributed by atoms with E-state index in [1.54, 1.807) is 41.0 Å². The quantitative estimate of drug-likeness (QED) is 0.739. The van der Waals surface area contributed by atoms with Crippen molar-refractivity contribution >= 4 is 22.6 Å². The van der Waals surface area contributed by atoms with Gasteiger partial charge in [-0.25, -0.2) is 5.10 Å². The summed E-state index contributed by atoms with van der Waals surface area (Å²) in [5, 5.41) is 7.26. The fourth-order valence-electron chi connectivity index (χ4n) is 3.30. The molecule has 0 saturated carbocycles. The third kappa shape index (κ3) is 3.10. The third-order valence-electron chi connectivity index (χ3n) is 4.86. The first-order valence-corrected chi connectivity index (χ1v) is 8.64. The van der Waals surface area contributed by atoms with Crippen LogP contribution in [0.2, 0.25) is 0 Å². The molecule has 1 aliphatic heterocycles. The first-order valence-electron chi connectivity index (χ1n) is 8.64. The smallest absolute Gasteiger partial charge is 0.272 e. The maximum atomic E-state index is 12.8. The van der Waals surface area contributed by atoms with Gasteiger partial charge in [-0.15, -0.1) is 0 Å². The molecule has 138 valence electrons. The lowest BCUT2D eigenvalue weighted by Crippen LogP contribution is -2.50. The van der Waals surface area contributed by atoms with E-state index in [0.29, 0.717) is 53.8 Å². The summed E-state index contributed by atoms with van der Waals surface area (Å²) in [5.41, 5.74) is 0.774. The van der Waals surface area contributed by atoms with Gasteiger partial charge in [-0.3, -0.25) is 14.4 Å². The van der Waals surface area contributed by atoms with E-state index in [1.165, 1.54) is 12.5 Å². The molecule has 27 heavy (non-hydrogen) atoms. The van der Waals surface area contributed by atoms with Gasteiger partial charge in [0, 0.05) is 37.1 Å². The number of benzene rings is 1. The van der Waals surface area contributed by atoms with E-state index in [-0.39, 0.29) is 17.4 Å². The molecule has 1 saturated heterocycles. The van der Waals surface area contributed by atoms with Crippen LogP contribution in [0.5, 0.6) is 0 Å². The fourth-order valence-corrected chi connectivity index (χ4v) is 3.30. The van der Waals surface area contributed by atoms with E-state index in [4.69, 9.17) is 4.42 Å². The first-order chi connectivity index (χ1) is 13.0. The zero-order valence-corrected chi connectivity index (χ0v) is 14.8. The first kappa shape index (κ1) is 17.0. The molecule has 0 radical (unpaired) electrons. The number of hydrogen-bond donors (Lipinski definition) is 1. The second-order valence-electron chi connectivity index (χ2n) is 6.48. The number of fused-ring (bicyclic) bond motifs is 1. The largest absolute Gasteiger partial charge is 0.469 e. The van der Waals surface area contributed by atoms with Gasteiger partial charge in [0.1, 0.15) is 5.76 Å². The normalized spacial score (nSPS) is 14.6. The molecule has 4 rings (SSSR count). The van der Waals surface area contributed by atoms with Crippen LogP contribution in [-0.4, -0.2) is 58.0 Å². The van der Waals surface area contributed by atoms with Gasteiger partial charge < -0.3 is 14.2 Å². The number of nitrogens with one attached hydrogen (secondary N) is 1. The lowest BCUT2D eigenvalue weighted by atomic mass is 10.1. The molecule has 1 aliphatic rings. The summed E-state index contributed by atoms with van der Waals surface area (Å²) >= 11 is 0. The lowest BCUT2D eigenvalue weighted by Gasteiger charge is -2.34. The Kier molecular flexibility index (Phi) is 4.23. The second-order valence-corrected chi connectivity index (χ2v) is 6.48. The highest BCUT2D eigenvalue weighted by atomic mass is 16.3. The van der Waals surface area contributed by atoms with E-state index in [0.717, 1.165) is 0 Å². The van der Waals surface area contributed by atoms with E-state index in [1.807, 2.05) is 0 Å². The number of furan rings is 1. The molecular weight excluding hydrogens is 348 g/mol. The van der Waals surface area contributed by atoms with Crippen LogP contribution < -0.4 is 5.56 Å². The van der Waals surface area contributed by atoms with Crippen molar-refractivity contribution in [2.75, 3.05) is 26.2 Å². The lowest BCUT2D eigenvalue weighted by molar-refractivity contribution is 0.0534. The summed E-state index contributed by atoms with van der Waals surface area (Å²) in [6, 6.07) is 6.61. The standard InChI is InChI=1S/C19H18N4O4/c1-12-15(4-9-27-12)19(26)23-7-5-22(6-8-23)18(25)13-2-3-16-14(10-13)11-20-21-17(16)24/h2-4,9-11H,5-8H2,1H3,(H,21,24). The minimum absolute atomic E-state index is 0.0793. The zero-order chi connectivity index (χ0) is 19.0. The van der Waals surface area contributed by atoms with Crippen molar-refractivity contribution in [3.63, 3.8) is 0 Å². The molecule has 1 N–H and O–H groups in total. The number of H-pyrrole nitrogens is 1. The van der Waals surface area contributed by atoms with Gasteiger partial charge in [-0.2, -0.15) is 5.10 Å². The maximum absolute atomic E-state index is 12.8. The number of carbonyl (C=O) groups is 2. The summed E-state index contributed by atoms with van der Waals surface area (Å²) in [5.74, 6) is 0.395. The number of carbonyl (C=O) groups excluding carboxylic acids is 2. The van der Waals surface area contributed by atoms with E-state index >= 15 is 0 Å². The number of amides is 2. The van der Waals surface area contributed by atoms with E-state index in [2.05, 4.69) is 10.2 Å². The van der Waals surface area contributed by atoms with Crippen LogP contribution in [0.25, 0.3) is 10.8 Å². The SMILES string of the molecule is Cc1occc1C(=O)N1CCN(C(=O)c2ccc3c(=O)[nH]ncc3c2)CC1. The van der Waals surface area contributed by atoms with Crippen LogP contribution in [0, 0.1) is 6.92 Å². The number of nitrogens with zero attached hydrogens (tertiary/aromatic N) is 3. The molecule has 0 unspecified atom stereocenters. The Morgan fingerprint density at radius 2 is 1.78 bits per heavy atom. The maximum Gasteiger partial charge on any atom is 0.272 e. The molecule has 2 aromatic heterocycles. The number of piperazine rings is 1. The Morgan fingerprint density at radius 1 is 1.07 bits per heavy atom. The van der Waals surface area contributed by atoms with Crippen LogP contribution in [0.1, 0.15) is 26.5 Å². The van der Waals surface area contributed by atoms with Gasteiger partial charge in [-0.05, 0) is 31.2 Å². The summed E-state index contributed by atoms with van der Waals surface area (Å²) in [4.78, 5) is 40.5. The highest BCUT2D eigenvalue weighted by molar-refractivity contribution is 5.99. The van der Waals surface area contributed by atoms with Gasteiger partial charge in [-0.1, -0.05) is 0 Å². The number of aromatic nitrogens is 2. The molecule has 3 aromatic rings. The monoisotopic (exact) mass is 366 g/mol. The van der Waals surface area contributed by atoms with Gasteiger partial charge >= 0.3 is 0 Å². The predicted octanol–water partition coefficient (Wildman–Crippen LogP) is 1.42. The van der Waals surface area contributed by atoms with Gasteiger partial charge in [0.05, 0.1) is 23.4 Å². The number of rotatable bonds is 2. The molecule has 8 nitrogen and oxygen atoms in total. The van der Waals surface area contributed by atoms with Crippen molar-refractivity contribution in [2.45, 2.75) is 6.92 Å². The molecule has 0 bridgehead atoms. The number of aromatic amines is 1. The molecular formula is C19H18N4O4. The van der Waals surface area contributed by atoms with E-state index < -0.39 is 0 Å². The molecule has 0 atom stereocenters. The van der Waals surface area contributed by atoms with Crippen molar-refractivity contribution < 1.29 is 14.0 Å². The highest BCUT2D eigenvalue weighted by Crippen LogP contribution is 2.17. The Balaban J connectivity index is 1.46. The van der Waals surface area contributed by atoms with Crippen LogP contribution in [0.3, 0.4) is 0 Å². The van der Waals surface area contributed by atoms with Gasteiger partial charge in [0.2, 0.25) is 0 Å². The van der Waals surface area contributed by atoms with E-state index in [9.17, 15) is 14.4 Å². The van der Waals surface area contributed by atoms with Crippen LogP contribution in [-0.2, 0) is 0 Å². The summed E-state index contributed by atoms with van der Waals surface area (Å²) in [6.45, 7) is 3.58. The number of aryl methyl sites for hydroxylation is 1. The third-order valence-corrected chi connectivity index (χ3v) is 4.86. The Morgan fingerprint density at radius 3 is 2.44 bits per heavy atom. The second kappa shape index (κ2) is 6.71. The van der Waals surface area contributed by atoms with Crippen LogP contribution in [0.4, 0.5) is 0 Å². The van der Waals surface area contributed by atoms with Crippen molar-refractivity contribution in [2.24, 2.45) is 0 Å². The Bertz CT molecular complexity index is 1080. The highest BCUT2D eigenvalue weighted by Gasteiger charge is 2.27. The molecule has 3 heterocycles. The Hall–Kier alpha value is -3.42. The molecule has 1 aromatic carbocycles. The van der Waals surface area contributed by atoms with Crippen molar-refractivity contribution in [3.05, 3.63) is 64.0 Å². The molecule has 0 aliphatic carbocycles. The summed E-state index contributed by atoms with van der Waals surface area (Å²) < 4.78 is 5.20. The van der Waals surface area contributed by atoms with Crippen LogP contribution in [0.15, 0.2) is 45.9 Å².